The molecule has 0 spiro atoms. The lowest BCUT2D eigenvalue weighted by atomic mass is 10.1. The number of rotatable bonds is 1. The van der Waals surface area contributed by atoms with Crippen molar-refractivity contribution in [2.75, 3.05) is 11.9 Å². The Morgan fingerprint density at radius 3 is 3.10 bits per heavy atom. The molecule has 0 fully saturated rings. The van der Waals surface area contributed by atoms with Gasteiger partial charge in [-0.05, 0) is 18.2 Å². The van der Waals surface area contributed by atoms with Crippen molar-refractivity contribution < 1.29 is 14.3 Å². The maximum atomic E-state index is 12.1. The van der Waals surface area contributed by atoms with Crippen LogP contribution in [0.3, 0.4) is 0 Å². The van der Waals surface area contributed by atoms with Crippen LogP contribution in [0.4, 0.5) is 5.69 Å². The van der Waals surface area contributed by atoms with Gasteiger partial charge in [0, 0.05) is 24.2 Å². The van der Waals surface area contributed by atoms with Crippen LogP contribution in [-0.4, -0.2) is 23.0 Å². The minimum absolute atomic E-state index is 0.0400. The van der Waals surface area contributed by atoms with E-state index >= 15 is 0 Å². The molecule has 2 amide bonds. The summed E-state index contributed by atoms with van der Waals surface area (Å²) in [6, 6.07) is 4.85. The maximum Gasteiger partial charge on any atom is 0.279 e. The van der Waals surface area contributed by atoms with E-state index in [2.05, 4.69) is 10.3 Å². The van der Waals surface area contributed by atoms with Crippen LogP contribution in [0, 0.1) is 0 Å². The predicted octanol–water partition coefficient (Wildman–Crippen LogP) is 1.16. The molecule has 1 aliphatic heterocycles. The number of fused-ring (bicyclic) bond motifs is 1. The first-order valence-electron chi connectivity index (χ1n) is 5.89. The van der Waals surface area contributed by atoms with Crippen molar-refractivity contribution in [3.63, 3.8) is 0 Å². The van der Waals surface area contributed by atoms with E-state index in [-0.39, 0.29) is 18.4 Å². The largest absolute Gasteiger partial charge is 0.482 e. The van der Waals surface area contributed by atoms with Crippen LogP contribution in [0.25, 0.3) is 0 Å². The summed E-state index contributed by atoms with van der Waals surface area (Å²) in [5.41, 5.74) is 0.993. The van der Waals surface area contributed by atoms with Crippen molar-refractivity contribution >= 4 is 28.8 Å². The fourth-order valence-corrected chi connectivity index (χ4v) is 2.52. The van der Waals surface area contributed by atoms with E-state index in [4.69, 9.17) is 4.74 Å². The molecule has 0 aliphatic carbocycles. The summed E-state index contributed by atoms with van der Waals surface area (Å²) in [5.74, 6) is -0.0561. The molecule has 0 unspecified atom stereocenters. The molecule has 7 heteroatoms. The van der Waals surface area contributed by atoms with Crippen LogP contribution in [0.1, 0.15) is 10.4 Å². The molecule has 102 valence electrons. The lowest BCUT2D eigenvalue weighted by Gasteiger charge is -2.17. The number of nitrogens with one attached hydrogen (secondary N) is 1. The maximum absolute atomic E-state index is 12.1. The number of hydrogen-bond donors (Lipinski definition) is 1. The highest BCUT2D eigenvalue weighted by atomic mass is 32.1. The third kappa shape index (κ3) is 2.35. The van der Waals surface area contributed by atoms with E-state index < -0.39 is 0 Å². The second-order valence-corrected chi connectivity index (χ2v) is 5.13. The Bertz CT molecular complexity index is 760. The van der Waals surface area contributed by atoms with E-state index in [1.165, 1.54) is 11.3 Å². The summed E-state index contributed by atoms with van der Waals surface area (Å²) < 4.78 is 7.05. The number of carbonyl (C=O) groups is 2. The van der Waals surface area contributed by atoms with Crippen LogP contribution in [0.5, 0.6) is 5.75 Å². The van der Waals surface area contributed by atoms with Gasteiger partial charge in [-0.15, -0.1) is 11.3 Å². The van der Waals surface area contributed by atoms with Gasteiger partial charge in [0.05, 0.1) is 5.69 Å². The number of carbonyl (C=O) groups excluding carboxylic acids is 2. The standard InChI is InChI=1S/C13H11N3O3S/c1-16-4-5-20-13(16)15-12(18)8-2-3-9-10(6-8)19-7-11(17)14-9/h2-6H,7H2,1H3,(H,14,17). The van der Waals surface area contributed by atoms with Crippen molar-refractivity contribution in [2.45, 2.75) is 0 Å². The van der Waals surface area contributed by atoms with Gasteiger partial charge in [-0.2, -0.15) is 4.99 Å². The zero-order valence-electron chi connectivity index (χ0n) is 10.6. The molecule has 1 N–H and O–H groups in total. The molecule has 0 saturated carbocycles. The molecule has 1 aliphatic rings. The Morgan fingerprint density at radius 2 is 2.35 bits per heavy atom. The molecule has 1 aromatic heterocycles. The first kappa shape index (κ1) is 12.6. The quantitative estimate of drug-likeness (QED) is 0.856. The van der Waals surface area contributed by atoms with Crippen LogP contribution in [0.15, 0.2) is 34.8 Å². The summed E-state index contributed by atoms with van der Waals surface area (Å²) in [5, 5.41) is 4.53. The monoisotopic (exact) mass is 289 g/mol. The van der Waals surface area contributed by atoms with Crippen molar-refractivity contribution in [1.82, 2.24) is 4.57 Å². The number of anilines is 1. The Labute approximate surface area is 118 Å². The summed E-state index contributed by atoms with van der Waals surface area (Å²) >= 11 is 1.39. The Morgan fingerprint density at radius 1 is 1.50 bits per heavy atom. The lowest BCUT2D eigenvalue weighted by Crippen LogP contribution is -2.25. The van der Waals surface area contributed by atoms with E-state index in [9.17, 15) is 9.59 Å². The fraction of sp³-hybridized carbons (Fsp3) is 0.154. The van der Waals surface area contributed by atoms with Crippen LogP contribution in [-0.2, 0) is 11.8 Å². The average Bonchev–Trinajstić information content (AvgIpc) is 2.83. The van der Waals surface area contributed by atoms with Crippen molar-refractivity contribution in [1.29, 1.82) is 0 Å². The third-order valence-corrected chi connectivity index (χ3v) is 3.67. The summed E-state index contributed by atoms with van der Waals surface area (Å²) in [4.78, 5) is 27.9. The smallest absolute Gasteiger partial charge is 0.279 e. The van der Waals surface area contributed by atoms with Crippen LogP contribution in [0.2, 0.25) is 0 Å². The minimum Gasteiger partial charge on any atom is -0.482 e. The molecule has 2 heterocycles. The van der Waals surface area contributed by atoms with Gasteiger partial charge >= 0.3 is 0 Å². The lowest BCUT2D eigenvalue weighted by molar-refractivity contribution is -0.118. The highest BCUT2D eigenvalue weighted by Gasteiger charge is 2.17. The second kappa shape index (κ2) is 4.93. The molecular weight excluding hydrogens is 278 g/mol. The zero-order valence-corrected chi connectivity index (χ0v) is 11.4. The second-order valence-electron chi connectivity index (χ2n) is 4.26. The van der Waals surface area contributed by atoms with Gasteiger partial charge in [-0.25, -0.2) is 0 Å². The molecule has 0 radical (unpaired) electrons. The van der Waals surface area contributed by atoms with Gasteiger partial charge in [0.1, 0.15) is 5.75 Å². The van der Waals surface area contributed by atoms with Crippen molar-refractivity contribution in [3.8, 4) is 5.75 Å². The van der Waals surface area contributed by atoms with E-state index in [0.717, 1.165) is 0 Å². The summed E-state index contributed by atoms with van der Waals surface area (Å²) in [6.45, 7) is -0.0400. The number of aryl methyl sites for hydroxylation is 1. The molecule has 20 heavy (non-hydrogen) atoms. The number of nitrogens with zero attached hydrogens (tertiary/aromatic N) is 2. The van der Waals surface area contributed by atoms with E-state index in [1.54, 1.807) is 22.8 Å². The molecule has 2 aromatic rings. The normalized spacial score (nSPS) is 14.4. The number of ether oxygens (including phenoxy) is 1. The number of hydrogen-bond acceptors (Lipinski definition) is 4. The van der Waals surface area contributed by atoms with Gasteiger partial charge in [0.2, 0.25) is 0 Å². The molecule has 0 bridgehead atoms. The highest BCUT2D eigenvalue weighted by Crippen LogP contribution is 2.28. The van der Waals surface area contributed by atoms with Gasteiger partial charge in [-0.3, -0.25) is 9.59 Å². The topological polar surface area (TPSA) is 72.7 Å². The first-order chi connectivity index (χ1) is 9.63. The molecule has 0 saturated heterocycles. The molecule has 0 atom stereocenters. The highest BCUT2D eigenvalue weighted by molar-refractivity contribution is 7.07. The van der Waals surface area contributed by atoms with Crippen molar-refractivity contribution in [3.05, 3.63) is 40.1 Å². The van der Waals surface area contributed by atoms with Gasteiger partial charge in [-0.1, -0.05) is 0 Å². The minimum atomic E-state index is -0.341. The van der Waals surface area contributed by atoms with E-state index in [0.29, 0.717) is 21.8 Å². The van der Waals surface area contributed by atoms with Gasteiger partial charge in [0.15, 0.2) is 11.4 Å². The number of amides is 2. The Balaban J connectivity index is 1.94. The molecule has 6 nitrogen and oxygen atoms in total. The van der Waals surface area contributed by atoms with Crippen molar-refractivity contribution in [2.24, 2.45) is 12.0 Å². The predicted molar refractivity (Wildman–Crippen MR) is 73.8 cm³/mol. The Kier molecular flexibility index (Phi) is 3.11. The third-order valence-electron chi connectivity index (χ3n) is 2.82. The number of benzene rings is 1. The first-order valence-corrected chi connectivity index (χ1v) is 6.77. The van der Waals surface area contributed by atoms with Crippen LogP contribution >= 0.6 is 11.3 Å². The van der Waals surface area contributed by atoms with Gasteiger partial charge < -0.3 is 14.6 Å². The SMILES string of the molecule is Cn1ccsc1=NC(=O)c1ccc2c(c1)OCC(=O)N2. The average molecular weight is 289 g/mol. The van der Waals surface area contributed by atoms with Crippen LogP contribution < -0.4 is 14.9 Å². The van der Waals surface area contributed by atoms with E-state index in [1.807, 2.05) is 18.6 Å². The summed E-state index contributed by atoms with van der Waals surface area (Å²) in [7, 11) is 1.83. The Hall–Kier alpha value is -2.41. The molecule has 1 aromatic carbocycles. The number of aromatic nitrogens is 1. The fourth-order valence-electron chi connectivity index (χ4n) is 1.79. The zero-order chi connectivity index (χ0) is 14.1. The van der Waals surface area contributed by atoms with Gasteiger partial charge in [0.25, 0.3) is 11.8 Å². The molecule has 3 rings (SSSR count). The summed E-state index contributed by atoms with van der Waals surface area (Å²) in [6.07, 6.45) is 1.84. The molecular formula is C13H11N3O3S. The number of thiazole rings is 1.